The first-order valence-electron chi connectivity index (χ1n) is 18.1. The number of halogens is 2. The van der Waals surface area contributed by atoms with Crippen LogP contribution in [0, 0.1) is 5.92 Å². The molecule has 2 saturated heterocycles. The maximum atomic E-state index is 14.6. The number of carbonyl (C=O) groups excluding carboxylic acids is 2. The molecule has 2 aromatic heterocycles. The maximum Gasteiger partial charge on any atom is 0.317 e. The Kier molecular flexibility index (Phi) is 10.4. The predicted octanol–water partition coefficient (Wildman–Crippen LogP) is 4.57. The van der Waals surface area contributed by atoms with Crippen molar-refractivity contribution < 1.29 is 23.1 Å². The summed E-state index contributed by atoms with van der Waals surface area (Å²) in [4.78, 5) is 31.6. The summed E-state index contributed by atoms with van der Waals surface area (Å²) in [5.74, 6) is 1.43. The second-order valence-electron chi connectivity index (χ2n) is 14.1. The molecule has 270 valence electrons. The number of aromatic nitrogens is 4. The highest BCUT2D eigenvalue weighted by Gasteiger charge is 2.35. The van der Waals surface area contributed by atoms with Gasteiger partial charge in [-0.15, -0.1) is 0 Å². The lowest BCUT2D eigenvalue weighted by Gasteiger charge is -2.34. The zero-order valence-corrected chi connectivity index (χ0v) is 29.2. The van der Waals surface area contributed by atoms with Gasteiger partial charge in [0.2, 0.25) is 5.91 Å². The van der Waals surface area contributed by atoms with E-state index >= 15 is 0 Å². The summed E-state index contributed by atoms with van der Waals surface area (Å²) in [5.41, 5.74) is 4.91. The lowest BCUT2D eigenvalue weighted by Crippen LogP contribution is -2.43. The third-order valence-electron chi connectivity index (χ3n) is 11.0. The molecule has 0 unspecified atom stereocenters. The molecule has 4 aliphatic rings. The van der Waals surface area contributed by atoms with Gasteiger partial charge in [-0.3, -0.25) is 14.2 Å². The number of likely N-dealkylation sites (tertiary alicyclic amines) is 1. The van der Waals surface area contributed by atoms with Crippen LogP contribution in [0.15, 0.2) is 24.5 Å². The van der Waals surface area contributed by atoms with Gasteiger partial charge in [0.15, 0.2) is 5.82 Å². The lowest BCUT2D eigenvalue weighted by atomic mass is 9.92. The number of nitrogens with one attached hydrogen (secondary N) is 2. The molecule has 1 aromatic carbocycles. The highest BCUT2D eigenvalue weighted by molar-refractivity contribution is 5.79. The first kappa shape index (κ1) is 34.4. The number of aryl methyl sites for hydroxylation is 2. The molecule has 50 heavy (non-hydrogen) atoms. The minimum absolute atomic E-state index is 0.0311. The molecule has 0 spiro atoms. The van der Waals surface area contributed by atoms with E-state index in [1.165, 1.54) is 12.8 Å². The van der Waals surface area contributed by atoms with Crippen LogP contribution < -0.4 is 15.5 Å². The van der Waals surface area contributed by atoms with E-state index in [1.807, 2.05) is 11.0 Å². The van der Waals surface area contributed by atoms with Crippen molar-refractivity contribution in [3.05, 3.63) is 46.9 Å². The van der Waals surface area contributed by atoms with Crippen molar-refractivity contribution in [2.75, 3.05) is 64.4 Å². The van der Waals surface area contributed by atoms with Crippen molar-refractivity contribution in [1.29, 1.82) is 0 Å². The summed E-state index contributed by atoms with van der Waals surface area (Å²) >= 11 is 0. The summed E-state index contributed by atoms with van der Waals surface area (Å²) < 4.78 is 38.8. The number of hydrogen-bond donors (Lipinski definition) is 2. The topological polar surface area (TPSA) is 113 Å². The number of fused-ring (bicyclic) bond motifs is 2. The SMILES string of the molecule is CNC(=O)N1CCc2c(c(N3CCCc4cc(-c5cnn(C)c5)c(C(F)F)cc43)nn2C2CCN(C(=O)COCCC3CCNCC3)CC2)C1. The van der Waals surface area contributed by atoms with Crippen molar-refractivity contribution in [2.24, 2.45) is 13.0 Å². The van der Waals surface area contributed by atoms with Gasteiger partial charge in [-0.05, 0) is 87.2 Å². The Balaban J connectivity index is 1.11. The zero-order valence-electron chi connectivity index (χ0n) is 29.2. The van der Waals surface area contributed by atoms with E-state index in [1.54, 1.807) is 42.1 Å². The van der Waals surface area contributed by atoms with Crippen LogP contribution in [0.1, 0.15) is 73.4 Å². The Morgan fingerprint density at radius 3 is 2.58 bits per heavy atom. The third kappa shape index (κ3) is 7.09. The Labute approximate surface area is 292 Å². The van der Waals surface area contributed by atoms with Crippen LogP contribution in [0.5, 0.6) is 0 Å². The smallest absolute Gasteiger partial charge is 0.317 e. The molecule has 12 nitrogen and oxygen atoms in total. The van der Waals surface area contributed by atoms with Crippen LogP contribution >= 0.6 is 0 Å². The second-order valence-corrected chi connectivity index (χ2v) is 14.1. The fraction of sp³-hybridized carbons (Fsp3) is 0.611. The summed E-state index contributed by atoms with van der Waals surface area (Å²) in [6, 6.07) is 3.46. The van der Waals surface area contributed by atoms with Gasteiger partial charge in [0.25, 0.3) is 6.43 Å². The largest absolute Gasteiger partial charge is 0.372 e. The van der Waals surface area contributed by atoms with Crippen LogP contribution in [0.3, 0.4) is 0 Å². The number of anilines is 2. The Morgan fingerprint density at radius 1 is 1.06 bits per heavy atom. The number of hydrogen-bond acceptors (Lipinski definition) is 7. The highest BCUT2D eigenvalue weighted by Crippen LogP contribution is 2.43. The van der Waals surface area contributed by atoms with Gasteiger partial charge >= 0.3 is 6.03 Å². The Morgan fingerprint density at radius 2 is 1.86 bits per heavy atom. The number of nitrogens with zero attached hydrogens (tertiary/aromatic N) is 7. The maximum absolute atomic E-state index is 14.6. The van der Waals surface area contributed by atoms with Crippen molar-refractivity contribution in [3.8, 4) is 11.1 Å². The van der Waals surface area contributed by atoms with Gasteiger partial charge in [0, 0.05) is 87.6 Å². The standard InChI is InChI=1S/C36H49F2N9O3/c1-39-36(49)45-16-9-31-30(22-45)35(46-13-3-4-25-18-28(26-20-41-43(2)21-26)29(34(37)38)19-32(25)46)42-47(31)27-7-14-44(15-8-27)33(48)23-50-17-10-24-5-11-40-12-6-24/h18-21,24,27,34,40H,3-17,22-23H2,1-2H3,(H,39,49). The number of piperidine rings is 2. The molecule has 3 aromatic rings. The van der Waals surface area contributed by atoms with E-state index in [-0.39, 0.29) is 30.2 Å². The van der Waals surface area contributed by atoms with Gasteiger partial charge in [-0.2, -0.15) is 10.2 Å². The number of benzene rings is 1. The van der Waals surface area contributed by atoms with Crippen molar-refractivity contribution >= 4 is 23.4 Å². The molecular formula is C36H49F2N9O3. The molecule has 2 fully saturated rings. The highest BCUT2D eigenvalue weighted by atomic mass is 19.3. The van der Waals surface area contributed by atoms with Gasteiger partial charge in [0.05, 0.1) is 18.8 Å². The molecular weight excluding hydrogens is 644 g/mol. The van der Waals surface area contributed by atoms with E-state index in [9.17, 15) is 18.4 Å². The quantitative estimate of drug-likeness (QED) is 0.316. The van der Waals surface area contributed by atoms with Crippen LogP contribution in [0.4, 0.5) is 25.1 Å². The number of ether oxygens (including phenoxy) is 1. The molecule has 0 aliphatic carbocycles. The van der Waals surface area contributed by atoms with Gasteiger partial charge in [-0.25, -0.2) is 13.6 Å². The number of urea groups is 1. The molecule has 14 heteroatoms. The third-order valence-corrected chi connectivity index (χ3v) is 11.0. The average Bonchev–Trinajstić information content (AvgIpc) is 3.76. The van der Waals surface area contributed by atoms with Crippen LogP contribution in [-0.4, -0.2) is 101 Å². The molecule has 3 amide bonds. The summed E-state index contributed by atoms with van der Waals surface area (Å²) in [6.07, 6.45) is 7.83. The van der Waals surface area contributed by atoms with Crippen molar-refractivity contribution in [1.82, 2.24) is 40.0 Å². The summed E-state index contributed by atoms with van der Waals surface area (Å²) in [5, 5.41) is 15.6. The summed E-state index contributed by atoms with van der Waals surface area (Å²) in [6.45, 7) is 5.68. The van der Waals surface area contributed by atoms with Crippen LogP contribution in [0.2, 0.25) is 0 Å². The second kappa shape index (κ2) is 15.1. The zero-order chi connectivity index (χ0) is 34.8. The van der Waals surface area contributed by atoms with Gasteiger partial charge < -0.3 is 30.1 Å². The normalized spacial score (nSPS) is 18.8. The van der Waals surface area contributed by atoms with Crippen molar-refractivity contribution in [2.45, 2.75) is 70.4 Å². The van der Waals surface area contributed by atoms with Gasteiger partial charge in [0.1, 0.15) is 6.61 Å². The van der Waals surface area contributed by atoms with E-state index in [4.69, 9.17) is 9.84 Å². The predicted molar refractivity (Wildman–Crippen MR) is 186 cm³/mol. The van der Waals surface area contributed by atoms with E-state index in [2.05, 4.69) is 25.3 Å². The molecule has 2 N–H and O–H groups in total. The van der Waals surface area contributed by atoms with E-state index in [0.29, 0.717) is 62.8 Å². The molecule has 4 aliphatic heterocycles. The number of alkyl halides is 2. The number of rotatable bonds is 9. The average molecular weight is 694 g/mol. The minimum Gasteiger partial charge on any atom is -0.372 e. The number of carbonyl (C=O) groups is 2. The first-order chi connectivity index (χ1) is 24.3. The minimum atomic E-state index is -2.66. The Hall–Kier alpha value is -4.04. The summed E-state index contributed by atoms with van der Waals surface area (Å²) in [7, 11) is 3.41. The fourth-order valence-corrected chi connectivity index (χ4v) is 8.17. The molecule has 0 bridgehead atoms. The first-order valence-corrected chi connectivity index (χ1v) is 18.1. The van der Waals surface area contributed by atoms with Crippen LogP contribution in [-0.2, 0) is 36.0 Å². The monoisotopic (exact) mass is 693 g/mol. The molecule has 0 radical (unpaired) electrons. The van der Waals surface area contributed by atoms with E-state index in [0.717, 1.165) is 73.5 Å². The molecule has 0 atom stereocenters. The van der Waals surface area contributed by atoms with Gasteiger partial charge in [-0.1, -0.05) is 0 Å². The molecule has 7 rings (SSSR count). The number of amides is 3. The fourth-order valence-electron chi connectivity index (χ4n) is 8.17. The van der Waals surface area contributed by atoms with Crippen LogP contribution in [0.25, 0.3) is 11.1 Å². The molecule has 6 heterocycles. The van der Waals surface area contributed by atoms with E-state index < -0.39 is 6.43 Å². The lowest BCUT2D eigenvalue weighted by molar-refractivity contribution is -0.137. The Bertz CT molecular complexity index is 1680. The van der Waals surface area contributed by atoms with Crippen molar-refractivity contribution in [3.63, 3.8) is 0 Å². The molecule has 0 saturated carbocycles.